The molecule has 4 heteroatoms. The number of hydrogen-bond donors (Lipinski definition) is 1. The van der Waals surface area contributed by atoms with Crippen molar-refractivity contribution in [2.45, 2.75) is 13.5 Å². The Balaban J connectivity index is 1.78. The summed E-state index contributed by atoms with van der Waals surface area (Å²) in [5.41, 5.74) is 4.51. The molecule has 0 unspecified atom stereocenters. The predicted octanol–water partition coefficient (Wildman–Crippen LogP) is 3.26. The monoisotopic (exact) mass is 267 g/mol. The molecule has 0 aliphatic rings. The van der Waals surface area contributed by atoms with Gasteiger partial charge in [0.2, 0.25) is 0 Å². The number of hydrogen-bond acceptors (Lipinski definition) is 3. The van der Waals surface area contributed by atoms with E-state index in [1.807, 2.05) is 48.1 Å². The first-order valence-corrected chi connectivity index (χ1v) is 6.57. The highest BCUT2D eigenvalue weighted by Crippen LogP contribution is 2.22. The van der Waals surface area contributed by atoms with Crippen LogP contribution in [0.15, 0.2) is 48.8 Å². The number of anilines is 1. The number of pyridine rings is 1. The van der Waals surface area contributed by atoms with Gasteiger partial charge in [-0.15, -0.1) is 0 Å². The van der Waals surface area contributed by atoms with E-state index in [2.05, 4.69) is 22.5 Å². The quantitative estimate of drug-likeness (QED) is 0.788. The van der Waals surface area contributed by atoms with E-state index in [1.54, 1.807) is 7.11 Å². The molecule has 0 aliphatic carbocycles. The minimum Gasteiger partial charge on any atom is -0.496 e. The smallest absolute Gasteiger partial charge is 0.121 e. The molecule has 0 spiro atoms. The largest absolute Gasteiger partial charge is 0.496 e. The summed E-state index contributed by atoms with van der Waals surface area (Å²) in [4.78, 5) is 0. The maximum absolute atomic E-state index is 5.27. The first-order chi connectivity index (χ1) is 9.78. The lowest BCUT2D eigenvalue weighted by Gasteiger charge is -2.09. The lowest BCUT2D eigenvalue weighted by molar-refractivity contribution is 0.412. The standard InChI is InChI=1S/C16H17N3O/c1-12-9-14(6-7-16(12)20-2)17-10-13-11-18-19-8-4-3-5-15(13)19/h3-9,11,17H,10H2,1-2H3. The zero-order chi connectivity index (χ0) is 13.9. The molecule has 0 aliphatic heterocycles. The maximum Gasteiger partial charge on any atom is 0.121 e. The zero-order valence-corrected chi connectivity index (χ0v) is 11.6. The van der Waals surface area contributed by atoms with Crippen molar-refractivity contribution >= 4 is 11.2 Å². The van der Waals surface area contributed by atoms with Crippen LogP contribution in [-0.4, -0.2) is 16.7 Å². The molecular weight excluding hydrogens is 250 g/mol. The van der Waals surface area contributed by atoms with E-state index in [0.29, 0.717) is 0 Å². The lowest BCUT2D eigenvalue weighted by Crippen LogP contribution is -1.99. The van der Waals surface area contributed by atoms with Gasteiger partial charge in [-0.05, 0) is 42.8 Å². The number of nitrogens with one attached hydrogen (secondary N) is 1. The highest BCUT2D eigenvalue weighted by molar-refractivity contribution is 5.56. The van der Waals surface area contributed by atoms with Gasteiger partial charge in [0.05, 0.1) is 18.8 Å². The van der Waals surface area contributed by atoms with Crippen molar-refractivity contribution in [3.63, 3.8) is 0 Å². The summed E-state index contributed by atoms with van der Waals surface area (Å²) in [6, 6.07) is 12.2. The molecule has 0 radical (unpaired) electrons. The van der Waals surface area contributed by atoms with E-state index in [-0.39, 0.29) is 0 Å². The van der Waals surface area contributed by atoms with Crippen molar-refractivity contribution in [1.29, 1.82) is 0 Å². The average molecular weight is 267 g/mol. The van der Waals surface area contributed by atoms with Crippen LogP contribution in [0.2, 0.25) is 0 Å². The Kier molecular flexibility index (Phi) is 3.29. The second-order valence-electron chi connectivity index (χ2n) is 4.74. The molecule has 3 rings (SSSR count). The highest BCUT2D eigenvalue weighted by Gasteiger charge is 2.04. The molecule has 0 fully saturated rings. The summed E-state index contributed by atoms with van der Waals surface area (Å²) in [5, 5.41) is 7.75. The normalized spacial score (nSPS) is 10.7. The Labute approximate surface area is 118 Å². The molecule has 0 saturated carbocycles. The lowest BCUT2D eigenvalue weighted by atomic mass is 10.2. The van der Waals surface area contributed by atoms with Crippen molar-refractivity contribution in [2.24, 2.45) is 0 Å². The maximum atomic E-state index is 5.27. The van der Waals surface area contributed by atoms with Gasteiger partial charge in [0.15, 0.2) is 0 Å². The molecule has 102 valence electrons. The fourth-order valence-corrected chi connectivity index (χ4v) is 2.31. The Morgan fingerprint density at radius 2 is 2.15 bits per heavy atom. The number of aromatic nitrogens is 2. The Morgan fingerprint density at radius 1 is 1.25 bits per heavy atom. The number of aryl methyl sites for hydroxylation is 1. The van der Waals surface area contributed by atoms with Crippen LogP contribution < -0.4 is 10.1 Å². The number of nitrogens with zero attached hydrogens (tertiary/aromatic N) is 2. The van der Waals surface area contributed by atoms with Crippen LogP contribution >= 0.6 is 0 Å². The molecule has 20 heavy (non-hydrogen) atoms. The molecule has 2 heterocycles. The summed E-state index contributed by atoms with van der Waals surface area (Å²) in [6.45, 7) is 2.79. The van der Waals surface area contributed by atoms with Gasteiger partial charge in [-0.25, -0.2) is 4.52 Å². The molecule has 4 nitrogen and oxygen atoms in total. The summed E-state index contributed by atoms with van der Waals surface area (Å²) in [7, 11) is 1.69. The fraction of sp³-hybridized carbons (Fsp3) is 0.188. The van der Waals surface area contributed by atoms with Crippen LogP contribution in [0.5, 0.6) is 5.75 Å². The number of benzene rings is 1. The summed E-state index contributed by atoms with van der Waals surface area (Å²) in [6.07, 6.45) is 3.86. The minimum absolute atomic E-state index is 0.749. The van der Waals surface area contributed by atoms with Crippen LogP contribution in [0.4, 0.5) is 5.69 Å². The van der Waals surface area contributed by atoms with Crippen molar-refractivity contribution in [2.75, 3.05) is 12.4 Å². The van der Waals surface area contributed by atoms with E-state index in [1.165, 1.54) is 5.56 Å². The first-order valence-electron chi connectivity index (χ1n) is 6.57. The highest BCUT2D eigenvalue weighted by atomic mass is 16.5. The van der Waals surface area contributed by atoms with Crippen LogP contribution in [-0.2, 0) is 6.54 Å². The number of ether oxygens (including phenoxy) is 1. The molecule has 2 aromatic heterocycles. The van der Waals surface area contributed by atoms with Gasteiger partial charge in [0.1, 0.15) is 5.75 Å². The SMILES string of the molecule is COc1ccc(NCc2cnn3ccccc23)cc1C. The van der Waals surface area contributed by atoms with E-state index in [0.717, 1.165) is 29.1 Å². The van der Waals surface area contributed by atoms with Crippen LogP contribution in [0, 0.1) is 6.92 Å². The van der Waals surface area contributed by atoms with Crippen molar-refractivity contribution in [3.8, 4) is 5.75 Å². The molecule has 0 amide bonds. The summed E-state index contributed by atoms with van der Waals surface area (Å²) in [5.74, 6) is 0.909. The number of fused-ring (bicyclic) bond motifs is 1. The van der Waals surface area contributed by atoms with E-state index in [9.17, 15) is 0 Å². The minimum atomic E-state index is 0.749. The molecule has 0 atom stereocenters. The third-order valence-electron chi connectivity index (χ3n) is 3.38. The van der Waals surface area contributed by atoms with Gasteiger partial charge in [-0.3, -0.25) is 0 Å². The summed E-state index contributed by atoms with van der Waals surface area (Å²) >= 11 is 0. The Morgan fingerprint density at radius 3 is 2.95 bits per heavy atom. The Bertz CT molecular complexity index is 733. The third-order valence-corrected chi connectivity index (χ3v) is 3.38. The molecule has 1 N–H and O–H groups in total. The van der Waals surface area contributed by atoms with Gasteiger partial charge in [-0.1, -0.05) is 6.07 Å². The third kappa shape index (κ3) is 2.32. The van der Waals surface area contributed by atoms with Gasteiger partial charge < -0.3 is 10.1 Å². The average Bonchev–Trinajstić information content (AvgIpc) is 2.88. The number of methoxy groups -OCH3 is 1. The second-order valence-corrected chi connectivity index (χ2v) is 4.74. The van der Waals surface area contributed by atoms with Crippen LogP contribution in [0.1, 0.15) is 11.1 Å². The molecule has 3 aromatic rings. The van der Waals surface area contributed by atoms with Gasteiger partial charge in [0.25, 0.3) is 0 Å². The van der Waals surface area contributed by atoms with Crippen molar-refractivity contribution < 1.29 is 4.74 Å². The Hall–Kier alpha value is -2.49. The van der Waals surface area contributed by atoms with E-state index in [4.69, 9.17) is 4.74 Å². The topological polar surface area (TPSA) is 38.6 Å². The van der Waals surface area contributed by atoms with Gasteiger partial charge in [0, 0.05) is 24.0 Å². The molecule has 0 bridgehead atoms. The molecule has 0 saturated heterocycles. The van der Waals surface area contributed by atoms with Crippen molar-refractivity contribution in [1.82, 2.24) is 9.61 Å². The van der Waals surface area contributed by atoms with Crippen LogP contribution in [0.3, 0.4) is 0 Å². The molecule has 1 aromatic carbocycles. The number of rotatable bonds is 4. The molecular formula is C16H17N3O. The van der Waals surface area contributed by atoms with Crippen LogP contribution in [0.25, 0.3) is 5.52 Å². The van der Waals surface area contributed by atoms with E-state index < -0.39 is 0 Å². The second kappa shape index (κ2) is 5.25. The summed E-state index contributed by atoms with van der Waals surface area (Å²) < 4.78 is 7.15. The fourth-order valence-electron chi connectivity index (χ4n) is 2.31. The van der Waals surface area contributed by atoms with Gasteiger partial charge in [-0.2, -0.15) is 5.10 Å². The first kappa shape index (κ1) is 12.5. The van der Waals surface area contributed by atoms with Crippen molar-refractivity contribution in [3.05, 3.63) is 59.9 Å². The zero-order valence-electron chi connectivity index (χ0n) is 11.6. The predicted molar refractivity (Wildman–Crippen MR) is 80.2 cm³/mol. The van der Waals surface area contributed by atoms with E-state index >= 15 is 0 Å². The van der Waals surface area contributed by atoms with Gasteiger partial charge >= 0.3 is 0 Å².